The average molecular weight is 285 g/mol. The van der Waals surface area contributed by atoms with Crippen molar-refractivity contribution in [3.8, 4) is 0 Å². The van der Waals surface area contributed by atoms with Crippen molar-refractivity contribution in [3.63, 3.8) is 0 Å². The molecule has 0 aromatic heterocycles. The summed E-state index contributed by atoms with van der Waals surface area (Å²) in [6.45, 7) is 7.60. The van der Waals surface area contributed by atoms with Gasteiger partial charge in [-0.05, 0) is 27.2 Å². The first-order valence-electron chi connectivity index (χ1n) is 7.83. The summed E-state index contributed by atoms with van der Waals surface area (Å²) in [5.41, 5.74) is -0.500. The molecular weight excluding hydrogens is 254 g/mol. The Morgan fingerprint density at radius 1 is 0.950 bits per heavy atom. The Kier molecular flexibility index (Phi) is 10.1. The van der Waals surface area contributed by atoms with Gasteiger partial charge < -0.3 is 10.1 Å². The first-order chi connectivity index (χ1) is 9.35. The summed E-state index contributed by atoms with van der Waals surface area (Å²) < 4.78 is 5.11. The molecule has 0 radical (unpaired) electrons. The highest BCUT2D eigenvalue weighted by Crippen LogP contribution is 2.08. The molecule has 0 saturated heterocycles. The summed E-state index contributed by atoms with van der Waals surface area (Å²) >= 11 is 0. The zero-order chi connectivity index (χ0) is 15.4. The number of nitrogens with one attached hydrogen (secondary N) is 1. The molecule has 0 bridgehead atoms. The number of hydrogen-bond acceptors (Lipinski definition) is 3. The van der Waals surface area contributed by atoms with Gasteiger partial charge in [-0.25, -0.2) is 0 Å². The summed E-state index contributed by atoms with van der Waals surface area (Å²) in [4.78, 5) is 22.9. The first kappa shape index (κ1) is 18.9. The van der Waals surface area contributed by atoms with Gasteiger partial charge in [-0.2, -0.15) is 0 Å². The molecule has 1 N–H and O–H groups in total. The number of ether oxygens (including phenoxy) is 1. The maximum atomic E-state index is 11.5. The van der Waals surface area contributed by atoms with Crippen molar-refractivity contribution < 1.29 is 14.3 Å². The van der Waals surface area contributed by atoms with Crippen molar-refractivity contribution in [1.82, 2.24) is 5.32 Å². The maximum absolute atomic E-state index is 11.5. The predicted molar refractivity (Wildman–Crippen MR) is 81.5 cm³/mol. The lowest BCUT2D eigenvalue weighted by Crippen LogP contribution is -2.34. The van der Waals surface area contributed by atoms with Crippen molar-refractivity contribution in [2.24, 2.45) is 0 Å². The molecule has 0 aliphatic rings. The second kappa shape index (κ2) is 10.7. The van der Waals surface area contributed by atoms with E-state index >= 15 is 0 Å². The van der Waals surface area contributed by atoms with Crippen LogP contribution in [0.15, 0.2) is 0 Å². The van der Waals surface area contributed by atoms with Crippen molar-refractivity contribution in [2.75, 3.05) is 6.54 Å². The molecule has 0 aliphatic heterocycles. The molecular formula is C16H31NO3. The third-order valence-electron chi connectivity index (χ3n) is 2.86. The summed E-state index contributed by atoms with van der Waals surface area (Å²) in [6.07, 6.45) is 8.78. The zero-order valence-electron chi connectivity index (χ0n) is 13.6. The predicted octanol–water partition coefficient (Wildman–Crippen LogP) is 3.59. The van der Waals surface area contributed by atoms with E-state index in [1.54, 1.807) is 0 Å². The fourth-order valence-corrected chi connectivity index (χ4v) is 1.88. The lowest BCUT2D eigenvalue weighted by Gasteiger charge is -2.19. The molecule has 0 aliphatic carbocycles. The van der Waals surface area contributed by atoms with Crippen molar-refractivity contribution in [2.45, 2.75) is 84.7 Å². The molecule has 0 rings (SSSR count). The van der Waals surface area contributed by atoms with Gasteiger partial charge in [-0.15, -0.1) is 0 Å². The number of amides is 1. The maximum Gasteiger partial charge on any atom is 0.325 e. The highest BCUT2D eigenvalue weighted by atomic mass is 16.6. The quantitative estimate of drug-likeness (QED) is 0.493. The van der Waals surface area contributed by atoms with Gasteiger partial charge >= 0.3 is 5.97 Å². The SMILES string of the molecule is CCCCCCCCCC(=O)NCC(=O)OC(C)(C)C. The number of carbonyl (C=O) groups excluding carboxylic acids is 2. The third-order valence-corrected chi connectivity index (χ3v) is 2.86. The molecule has 0 aromatic rings. The van der Waals surface area contributed by atoms with Gasteiger partial charge in [-0.3, -0.25) is 9.59 Å². The molecule has 0 aromatic carbocycles. The topological polar surface area (TPSA) is 55.4 Å². The third kappa shape index (κ3) is 13.4. The Balaban J connectivity index is 3.48. The van der Waals surface area contributed by atoms with Crippen molar-refractivity contribution in [3.05, 3.63) is 0 Å². The molecule has 4 nitrogen and oxygen atoms in total. The Hall–Kier alpha value is -1.06. The average Bonchev–Trinajstić information content (AvgIpc) is 2.33. The summed E-state index contributed by atoms with van der Waals surface area (Å²) in [7, 11) is 0. The van der Waals surface area contributed by atoms with Crippen LogP contribution in [0.4, 0.5) is 0 Å². The summed E-state index contributed by atoms with van der Waals surface area (Å²) in [6, 6.07) is 0. The van der Waals surface area contributed by atoms with Crippen LogP contribution in [0.25, 0.3) is 0 Å². The first-order valence-corrected chi connectivity index (χ1v) is 7.83. The van der Waals surface area contributed by atoms with Crippen molar-refractivity contribution in [1.29, 1.82) is 0 Å². The molecule has 0 atom stereocenters. The van der Waals surface area contributed by atoms with Crippen LogP contribution in [-0.2, 0) is 14.3 Å². The molecule has 1 amide bonds. The van der Waals surface area contributed by atoms with Gasteiger partial charge in [0.2, 0.25) is 5.91 Å². The standard InChI is InChI=1S/C16H31NO3/c1-5-6-7-8-9-10-11-12-14(18)17-13-15(19)20-16(2,3)4/h5-13H2,1-4H3,(H,17,18). The van der Waals surface area contributed by atoms with Crippen LogP contribution in [-0.4, -0.2) is 24.0 Å². The Morgan fingerprint density at radius 2 is 1.50 bits per heavy atom. The highest BCUT2D eigenvalue weighted by Gasteiger charge is 2.16. The van der Waals surface area contributed by atoms with Crippen LogP contribution >= 0.6 is 0 Å². The molecule has 0 saturated carbocycles. The van der Waals surface area contributed by atoms with E-state index in [-0.39, 0.29) is 18.4 Å². The highest BCUT2D eigenvalue weighted by molar-refractivity contribution is 5.81. The Labute approximate surface area is 123 Å². The van der Waals surface area contributed by atoms with Gasteiger partial charge in [0.15, 0.2) is 0 Å². The van der Waals surface area contributed by atoms with E-state index in [2.05, 4.69) is 12.2 Å². The van der Waals surface area contributed by atoms with E-state index in [1.165, 1.54) is 32.1 Å². The van der Waals surface area contributed by atoms with E-state index in [1.807, 2.05) is 20.8 Å². The molecule has 0 heterocycles. The molecule has 0 fully saturated rings. The van der Waals surface area contributed by atoms with Crippen LogP contribution in [0.2, 0.25) is 0 Å². The second-order valence-corrected chi connectivity index (χ2v) is 6.23. The molecule has 4 heteroatoms. The Bertz CT molecular complexity index is 282. The fourth-order valence-electron chi connectivity index (χ4n) is 1.88. The lowest BCUT2D eigenvalue weighted by atomic mass is 10.1. The van der Waals surface area contributed by atoms with E-state index in [4.69, 9.17) is 4.74 Å². The normalized spacial score (nSPS) is 11.2. The number of carbonyl (C=O) groups is 2. The largest absolute Gasteiger partial charge is 0.459 e. The van der Waals surface area contributed by atoms with Crippen LogP contribution in [0, 0.1) is 0 Å². The fraction of sp³-hybridized carbons (Fsp3) is 0.875. The van der Waals surface area contributed by atoms with E-state index < -0.39 is 5.60 Å². The lowest BCUT2D eigenvalue weighted by molar-refractivity contribution is -0.154. The van der Waals surface area contributed by atoms with Gasteiger partial charge in [0.05, 0.1) is 0 Å². The minimum atomic E-state index is -0.500. The summed E-state index contributed by atoms with van der Waals surface area (Å²) in [5, 5.41) is 2.60. The number of hydrogen-bond donors (Lipinski definition) is 1. The van der Waals surface area contributed by atoms with Crippen LogP contribution < -0.4 is 5.32 Å². The minimum absolute atomic E-state index is 0.0351. The molecule has 20 heavy (non-hydrogen) atoms. The second-order valence-electron chi connectivity index (χ2n) is 6.23. The van der Waals surface area contributed by atoms with Crippen molar-refractivity contribution >= 4 is 11.9 Å². The monoisotopic (exact) mass is 285 g/mol. The van der Waals surface area contributed by atoms with Gasteiger partial charge in [-0.1, -0.05) is 45.4 Å². The number of unbranched alkanes of at least 4 members (excludes halogenated alkanes) is 6. The van der Waals surface area contributed by atoms with Gasteiger partial charge in [0.1, 0.15) is 12.1 Å². The minimum Gasteiger partial charge on any atom is -0.459 e. The van der Waals surface area contributed by atoms with E-state index in [9.17, 15) is 9.59 Å². The van der Waals surface area contributed by atoms with Crippen LogP contribution in [0.1, 0.15) is 79.1 Å². The molecule has 0 spiro atoms. The zero-order valence-corrected chi connectivity index (χ0v) is 13.6. The van der Waals surface area contributed by atoms with E-state index in [0.717, 1.165) is 12.8 Å². The molecule has 0 unspecified atom stereocenters. The smallest absolute Gasteiger partial charge is 0.325 e. The number of rotatable bonds is 10. The van der Waals surface area contributed by atoms with Gasteiger partial charge in [0.25, 0.3) is 0 Å². The molecule has 118 valence electrons. The summed E-state index contributed by atoms with van der Waals surface area (Å²) in [5.74, 6) is -0.449. The number of esters is 1. The Morgan fingerprint density at radius 3 is 2.05 bits per heavy atom. The van der Waals surface area contributed by atoms with Crippen LogP contribution in [0.5, 0.6) is 0 Å². The van der Waals surface area contributed by atoms with E-state index in [0.29, 0.717) is 6.42 Å². The van der Waals surface area contributed by atoms with Gasteiger partial charge in [0, 0.05) is 6.42 Å². The van der Waals surface area contributed by atoms with Crippen LogP contribution in [0.3, 0.4) is 0 Å².